The van der Waals surface area contributed by atoms with Crippen molar-refractivity contribution >= 4 is 15.8 Å². The number of aromatic nitrogens is 2. The normalized spacial score (nSPS) is 12.8. The van der Waals surface area contributed by atoms with Gasteiger partial charge in [0.05, 0.1) is 12.9 Å². The zero-order chi connectivity index (χ0) is 17.9. The van der Waals surface area contributed by atoms with Crippen molar-refractivity contribution in [3.63, 3.8) is 0 Å². The molecule has 10 heteroatoms. The molecule has 0 aliphatic heterocycles. The molecule has 2 aromatic rings. The Hall–Kier alpha value is -2.48. The fourth-order valence-corrected chi connectivity index (χ4v) is 2.72. The highest BCUT2D eigenvalue weighted by atomic mass is 32.2. The van der Waals surface area contributed by atoms with Gasteiger partial charge in [-0.05, 0) is 26.2 Å². The number of rotatable bonds is 6. The van der Waals surface area contributed by atoms with Crippen molar-refractivity contribution in [2.24, 2.45) is 0 Å². The van der Waals surface area contributed by atoms with E-state index in [9.17, 15) is 18.8 Å². The Morgan fingerprint density at radius 1 is 1.46 bits per heavy atom. The number of hydrogen-bond acceptors (Lipinski definition) is 9. The van der Waals surface area contributed by atoms with Crippen molar-refractivity contribution in [3.05, 3.63) is 24.0 Å². The predicted octanol–water partition coefficient (Wildman–Crippen LogP) is 0.304. The van der Waals surface area contributed by atoms with Crippen LogP contribution in [0.25, 0.3) is 11.5 Å². The maximum atomic E-state index is 12.0. The summed E-state index contributed by atoms with van der Waals surface area (Å²) in [5.74, 6) is 0.209. The minimum absolute atomic E-state index is 0.0337. The molecule has 0 aliphatic rings. The molecule has 0 aliphatic carbocycles. The summed E-state index contributed by atoms with van der Waals surface area (Å²) in [5, 5.41) is 21.2. The number of anilines is 1. The van der Waals surface area contributed by atoms with Gasteiger partial charge in [0.15, 0.2) is 20.6 Å². The molecule has 2 aromatic heterocycles. The van der Waals surface area contributed by atoms with E-state index in [1.807, 2.05) is 6.07 Å². The largest absolute Gasteiger partial charge is 0.463 e. The molecule has 2 rings (SSSR count). The van der Waals surface area contributed by atoms with Gasteiger partial charge in [-0.15, -0.1) is 0 Å². The molecular formula is C14H17N5O4S. The zero-order valence-corrected chi connectivity index (χ0v) is 14.2. The summed E-state index contributed by atoms with van der Waals surface area (Å²) < 4.78 is 29.3. The highest BCUT2D eigenvalue weighted by Crippen LogP contribution is 2.27. The highest BCUT2D eigenvalue weighted by molar-refractivity contribution is 7.90. The Labute approximate surface area is 139 Å². The van der Waals surface area contributed by atoms with E-state index in [-0.39, 0.29) is 29.6 Å². The van der Waals surface area contributed by atoms with Crippen molar-refractivity contribution in [1.82, 2.24) is 14.9 Å². The number of hydrogen-bond donors (Lipinski definition) is 2. The van der Waals surface area contributed by atoms with Crippen LogP contribution in [-0.2, 0) is 9.84 Å². The molecule has 0 radical (unpaired) electrons. The molecule has 0 amide bonds. The van der Waals surface area contributed by atoms with Crippen LogP contribution in [0.5, 0.6) is 0 Å². The summed E-state index contributed by atoms with van der Waals surface area (Å²) >= 11 is 0. The quantitative estimate of drug-likeness (QED) is 0.557. The fraction of sp³-hybridized carbons (Fsp3) is 0.357. The van der Waals surface area contributed by atoms with Crippen LogP contribution < -0.4 is 5.32 Å². The molecule has 2 N–H and O–H groups in total. The van der Waals surface area contributed by atoms with Crippen molar-refractivity contribution in [1.29, 1.82) is 5.26 Å². The molecule has 0 saturated heterocycles. The van der Waals surface area contributed by atoms with Crippen LogP contribution in [0.1, 0.15) is 5.56 Å². The highest BCUT2D eigenvalue weighted by Gasteiger charge is 2.25. The van der Waals surface area contributed by atoms with Crippen LogP contribution in [0, 0.1) is 11.3 Å². The monoisotopic (exact) mass is 351 g/mol. The number of furan rings is 1. The lowest BCUT2D eigenvalue weighted by atomic mass is 10.2. The Morgan fingerprint density at radius 2 is 2.17 bits per heavy atom. The van der Waals surface area contributed by atoms with Gasteiger partial charge in [0, 0.05) is 6.26 Å². The van der Waals surface area contributed by atoms with E-state index in [2.05, 4.69) is 15.3 Å². The molecule has 0 bridgehead atoms. The third-order valence-corrected chi connectivity index (χ3v) is 4.18. The van der Waals surface area contributed by atoms with Gasteiger partial charge in [0.25, 0.3) is 0 Å². The SMILES string of the molecule is CN(C)C(CO)Nc1nc(-c2ccco2)c(C#N)c(S(C)(=O)=O)n1. The predicted molar refractivity (Wildman–Crippen MR) is 85.7 cm³/mol. The number of nitriles is 1. The molecule has 9 nitrogen and oxygen atoms in total. The van der Waals surface area contributed by atoms with Gasteiger partial charge in [-0.2, -0.15) is 10.2 Å². The molecule has 24 heavy (non-hydrogen) atoms. The van der Waals surface area contributed by atoms with Gasteiger partial charge in [-0.1, -0.05) is 0 Å². The Kier molecular flexibility index (Phi) is 5.18. The summed E-state index contributed by atoms with van der Waals surface area (Å²) in [5.41, 5.74) is -0.126. The second-order valence-corrected chi connectivity index (χ2v) is 7.17. The summed E-state index contributed by atoms with van der Waals surface area (Å²) in [6.07, 6.45) is 1.82. The van der Waals surface area contributed by atoms with Gasteiger partial charge < -0.3 is 14.8 Å². The first-order valence-electron chi connectivity index (χ1n) is 6.87. The summed E-state index contributed by atoms with van der Waals surface area (Å²) in [4.78, 5) is 9.81. The average molecular weight is 351 g/mol. The smallest absolute Gasteiger partial charge is 0.226 e. The van der Waals surface area contributed by atoms with Crippen LogP contribution in [-0.4, -0.2) is 61.5 Å². The molecule has 0 saturated carbocycles. The number of sulfone groups is 1. The lowest BCUT2D eigenvalue weighted by molar-refractivity contribution is 0.187. The van der Waals surface area contributed by atoms with Gasteiger partial charge >= 0.3 is 0 Å². The number of nitrogens with one attached hydrogen (secondary N) is 1. The molecule has 0 spiro atoms. The molecule has 0 fully saturated rings. The average Bonchev–Trinajstić information content (AvgIpc) is 3.04. The van der Waals surface area contributed by atoms with Crippen molar-refractivity contribution < 1.29 is 17.9 Å². The summed E-state index contributed by atoms with van der Waals surface area (Å²) in [6, 6.07) is 4.99. The van der Waals surface area contributed by atoms with E-state index in [1.165, 1.54) is 6.26 Å². The first-order valence-corrected chi connectivity index (χ1v) is 8.77. The molecule has 128 valence electrons. The van der Waals surface area contributed by atoms with Gasteiger partial charge in [0.2, 0.25) is 5.95 Å². The zero-order valence-electron chi connectivity index (χ0n) is 13.4. The second-order valence-electron chi connectivity index (χ2n) is 5.24. The first-order chi connectivity index (χ1) is 11.3. The molecule has 2 heterocycles. The van der Waals surface area contributed by atoms with Gasteiger partial charge in [0.1, 0.15) is 23.5 Å². The van der Waals surface area contributed by atoms with Gasteiger partial charge in [-0.3, -0.25) is 4.90 Å². The molecule has 0 aromatic carbocycles. The third kappa shape index (κ3) is 3.70. The Bertz CT molecular complexity index is 856. The van der Waals surface area contributed by atoms with Crippen LogP contribution in [0.3, 0.4) is 0 Å². The lowest BCUT2D eigenvalue weighted by Crippen LogP contribution is -2.39. The Balaban J connectivity index is 2.66. The number of likely N-dealkylation sites (N-methyl/N-ethyl adjacent to an activating group) is 1. The lowest BCUT2D eigenvalue weighted by Gasteiger charge is -2.23. The van der Waals surface area contributed by atoms with Crippen LogP contribution in [0.4, 0.5) is 5.95 Å². The molecule has 1 unspecified atom stereocenters. The van der Waals surface area contributed by atoms with E-state index >= 15 is 0 Å². The number of aliphatic hydroxyl groups excluding tert-OH is 1. The summed E-state index contributed by atoms with van der Waals surface area (Å²) in [6.45, 7) is -0.249. The van der Waals surface area contributed by atoms with E-state index in [0.717, 1.165) is 6.26 Å². The first kappa shape index (κ1) is 17.9. The Morgan fingerprint density at radius 3 is 2.62 bits per heavy atom. The minimum Gasteiger partial charge on any atom is -0.463 e. The fourth-order valence-electron chi connectivity index (χ4n) is 1.95. The van der Waals surface area contributed by atoms with Crippen molar-refractivity contribution in [2.75, 3.05) is 32.3 Å². The van der Waals surface area contributed by atoms with Crippen LogP contribution in [0.15, 0.2) is 27.8 Å². The molecule has 1 atom stereocenters. The van der Waals surface area contributed by atoms with E-state index in [1.54, 1.807) is 31.1 Å². The van der Waals surface area contributed by atoms with E-state index in [0.29, 0.717) is 0 Å². The van der Waals surface area contributed by atoms with Crippen LogP contribution in [0.2, 0.25) is 0 Å². The maximum absolute atomic E-state index is 12.0. The maximum Gasteiger partial charge on any atom is 0.226 e. The minimum atomic E-state index is -3.78. The van der Waals surface area contributed by atoms with Crippen LogP contribution >= 0.6 is 0 Å². The van der Waals surface area contributed by atoms with E-state index in [4.69, 9.17) is 4.42 Å². The third-order valence-electron chi connectivity index (χ3n) is 3.19. The summed E-state index contributed by atoms with van der Waals surface area (Å²) in [7, 11) is -0.326. The topological polar surface area (TPSA) is 132 Å². The number of aliphatic hydroxyl groups is 1. The van der Waals surface area contributed by atoms with Crippen molar-refractivity contribution in [2.45, 2.75) is 11.2 Å². The second kappa shape index (κ2) is 6.96. The van der Waals surface area contributed by atoms with E-state index < -0.39 is 21.0 Å². The van der Waals surface area contributed by atoms with Crippen molar-refractivity contribution in [3.8, 4) is 17.5 Å². The molecular weight excluding hydrogens is 334 g/mol. The number of nitrogens with zero attached hydrogens (tertiary/aromatic N) is 4. The van der Waals surface area contributed by atoms with Gasteiger partial charge in [-0.25, -0.2) is 13.4 Å². The standard InChI is InChI=1S/C14H17N5O4S/c1-19(2)11(8-20)16-14-17-12(10-5-4-6-23-10)9(7-15)13(18-14)24(3,21)22/h4-6,11,20H,8H2,1-3H3,(H,16,17,18).